The van der Waals surface area contributed by atoms with Crippen molar-refractivity contribution in [2.75, 3.05) is 19.6 Å². The lowest BCUT2D eigenvalue weighted by Crippen LogP contribution is -2.51. The Kier molecular flexibility index (Phi) is 4.43. The van der Waals surface area contributed by atoms with Crippen LogP contribution >= 0.6 is 0 Å². The van der Waals surface area contributed by atoms with Gasteiger partial charge in [-0.15, -0.1) is 4.40 Å². The summed E-state index contributed by atoms with van der Waals surface area (Å²) in [5.41, 5.74) is 0.611. The number of carbonyl (C=O) groups excluding carboxylic acids is 1. The van der Waals surface area contributed by atoms with Crippen LogP contribution in [0.25, 0.3) is 0 Å². The Morgan fingerprint density at radius 3 is 2.54 bits per heavy atom. The Morgan fingerprint density at radius 2 is 1.79 bits per heavy atom. The Labute approximate surface area is 165 Å². The van der Waals surface area contributed by atoms with Crippen LogP contribution in [0.5, 0.6) is 0 Å². The predicted octanol–water partition coefficient (Wildman–Crippen LogP) is 1.34. The molecule has 3 heterocycles. The molecule has 0 aromatic heterocycles. The smallest absolute Gasteiger partial charge is 0.285 e. The molecule has 1 amide bonds. The summed E-state index contributed by atoms with van der Waals surface area (Å²) in [6.07, 6.45) is 6.22. The lowest BCUT2D eigenvalue weighted by molar-refractivity contribution is -0.125. The van der Waals surface area contributed by atoms with E-state index in [0.29, 0.717) is 17.9 Å². The third-order valence-corrected chi connectivity index (χ3v) is 7.70. The number of sulfonamides is 1. The van der Waals surface area contributed by atoms with E-state index in [1.54, 1.807) is 18.2 Å². The lowest BCUT2D eigenvalue weighted by Gasteiger charge is -2.34. The first-order valence-corrected chi connectivity index (χ1v) is 11.7. The fourth-order valence-corrected chi connectivity index (χ4v) is 5.95. The lowest BCUT2D eigenvalue weighted by atomic mass is 10.0. The van der Waals surface area contributed by atoms with Crippen LogP contribution in [-0.2, 0) is 14.8 Å². The number of hydrogen-bond acceptors (Lipinski definition) is 5. The molecule has 0 unspecified atom stereocenters. The van der Waals surface area contributed by atoms with E-state index in [1.165, 1.54) is 12.8 Å². The van der Waals surface area contributed by atoms with E-state index in [0.717, 1.165) is 44.8 Å². The number of nitrogens with zero attached hydrogens (tertiary/aromatic N) is 3. The standard InChI is InChI=1S/C20H26N4O3S/c25-20(21-14-9-12-23(13-10-14)15-7-8-15)17-5-3-11-24(17)19-16-4-1-2-6-18(16)28(26,27)22-19/h1-2,4,6,14-15,17H,3,5,7-13H2,(H,21,25)/t17-/m0/s1. The fraction of sp³-hybridized carbons (Fsp3) is 0.600. The molecule has 7 nitrogen and oxygen atoms in total. The van der Waals surface area contributed by atoms with E-state index < -0.39 is 10.0 Å². The number of carbonyl (C=O) groups is 1. The zero-order valence-electron chi connectivity index (χ0n) is 15.9. The number of hydrogen-bond donors (Lipinski definition) is 1. The number of amidine groups is 1. The summed E-state index contributed by atoms with van der Waals surface area (Å²) in [6, 6.07) is 7.53. The summed E-state index contributed by atoms with van der Waals surface area (Å²) in [5.74, 6) is 0.434. The molecule has 28 heavy (non-hydrogen) atoms. The Balaban J connectivity index is 1.29. The van der Waals surface area contributed by atoms with Gasteiger partial charge in [-0.3, -0.25) is 4.79 Å². The molecule has 1 aromatic rings. The van der Waals surface area contributed by atoms with Gasteiger partial charge in [0, 0.05) is 37.3 Å². The summed E-state index contributed by atoms with van der Waals surface area (Å²) in [5, 5.41) is 3.23. The third-order valence-electron chi connectivity index (χ3n) is 6.38. The van der Waals surface area contributed by atoms with Gasteiger partial charge < -0.3 is 15.1 Å². The van der Waals surface area contributed by atoms with E-state index in [4.69, 9.17) is 0 Å². The highest BCUT2D eigenvalue weighted by Crippen LogP contribution is 2.32. The van der Waals surface area contributed by atoms with Gasteiger partial charge in [0.2, 0.25) is 5.91 Å². The van der Waals surface area contributed by atoms with Crippen LogP contribution in [0.1, 0.15) is 44.1 Å². The molecular weight excluding hydrogens is 376 g/mol. The summed E-state index contributed by atoms with van der Waals surface area (Å²) >= 11 is 0. The van der Waals surface area contributed by atoms with Crippen molar-refractivity contribution < 1.29 is 13.2 Å². The molecule has 0 bridgehead atoms. The SMILES string of the molecule is O=C(NC1CCN(C2CC2)CC1)[C@@H]1CCCN1C1=NS(=O)(=O)c2ccccc21. The van der Waals surface area contributed by atoms with Crippen LogP contribution in [0.15, 0.2) is 33.6 Å². The molecule has 4 aliphatic rings. The molecule has 1 aliphatic carbocycles. The van der Waals surface area contributed by atoms with Crippen LogP contribution in [0, 0.1) is 0 Å². The first kappa shape index (κ1) is 18.1. The molecule has 3 fully saturated rings. The molecule has 1 atom stereocenters. The number of likely N-dealkylation sites (tertiary alicyclic amines) is 2. The minimum absolute atomic E-state index is 0.00634. The first-order valence-electron chi connectivity index (χ1n) is 10.3. The second-order valence-corrected chi connectivity index (χ2v) is 9.86. The summed E-state index contributed by atoms with van der Waals surface area (Å²) in [4.78, 5) is 17.7. The molecule has 0 radical (unpaired) electrons. The number of rotatable bonds is 3. The Bertz CT molecular complexity index is 917. The van der Waals surface area contributed by atoms with Gasteiger partial charge in [0.15, 0.2) is 5.84 Å². The Hall–Kier alpha value is -1.93. The predicted molar refractivity (Wildman–Crippen MR) is 106 cm³/mol. The van der Waals surface area contributed by atoms with E-state index in [-0.39, 0.29) is 22.9 Å². The second-order valence-electron chi connectivity index (χ2n) is 8.29. The van der Waals surface area contributed by atoms with Crippen molar-refractivity contribution in [3.05, 3.63) is 29.8 Å². The van der Waals surface area contributed by atoms with Crippen molar-refractivity contribution in [3.63, 3.8) is 0 Å². The first-order chi connectivity index (χ1) is 13.5. The van der Waals surface area contributed by atoms with E-state index in [9.17, 15) is 13.2 Å². The van der Waals surface area contributed by atoms with Crippen LogP contribution < -0.4 is 5.32 Å². The van der Waals surface area contributed by atoms with Crippen LogP contribution in [0.2, 0.25) is 0 Å². The maximum atomic E-state index is 13.0. The minimum atomic E-state index is -3.67. The molecule has 1 N–H and O–H groups in total. The number of fused-ring (bicyclic) bond motifs is 1. The van der Waals surface area contributed by atoms with Crippen LogP contribution in [-0.4, -0.2) is 67.7 Å². The molecule has 1 saturated carbocycles. The van der Waals surface area contributed by atoms with Crippen molar-refractivity contribution in [1.29, 1.82) is 0 Å². The van der Waals surface area contributed by atoms with Crippen molar-refractivity contribution in [3.8, 4) is 0 Å². The number of benzene rings is 1. The maximum absolute atomic E-state index is 13.0. The number of amides is 1. The number of nitrogens with one attached hydrogen (secondary N) is 1. The van der Waals surface area contributed by atoms with Gasteiger partial charge in [-0.2, -0.15) is 8.42 Å². The molecular formula is C20H26N4O3S. The molecule has 5 rings (SSSR count). The van der Waals surface area contributed by atoms with Crippen molar-refractivity contribution in [2.45, 2.75) is 61.5 Å². The topological polar surface area (TPSA) is 82.1 Å². The quantitative estimate of drug-likeness (QED) is 0.825. The highest BCUT2D eigenvalue weighted by atomic mass is 32.2. The molecule has 2 saturated heterocycles. The zero-order valence-corrected chi connectivity index (χ0v) is 16.7. The zero-order chi connectivity index (χ0) is 19.3. The van der Waals surface area contributed by atoms with Gasteiger partial charge >= 0.3 is 0 Å². The molecule has 3 aliphatic heterocycles. The summed E-state index contributed by atoms with van der Waals surface area (Å²) < 4.78 is 28.8. The van der Waals surface area contributed by atoms with Crippen molar-refractivity contribution in [2.24, 2.45) is 4.40 Å². The van der Waals surface area contributed by atoms with Gasteiger partial charge in [0.05, 0.1) is 0 Å². The third kappa shape index (κ3) is 3.22. The van der Waals surface area contributed by atoms with E-state index in [1.807, 2.05) is 11.0 Å². The normalized spacial score (nSPS) is 27.5. The molecule has 150 valence electrons. The van der Waals surface area contributed by atoms with E-state index >= 15 is 0 Å². The largest absolute Gasteiger partial charge is 0.351 e. The molecule has 8 heteroatoms. The monoisotopic (exact) mass is 402 g/mol. The highest BCUT2D eigenvalue weighted by molar-refractivity contribution is 7.90. The van der Waals surface area contributed by atoms with Gasteiger partial charge in [-0.25, -0.2) is 0 Å². The average Bonchev–Trinajstić information content (AvgIpc) is 3.36. The van der Waals surface area contributed by atoms with Gasteiger partial charge in [-0.1, -0.05) is 12.1 Å². The van der Waals surface area contributed by atoms with Gasteiger partial charge in [-0.05, 0) is 50.7 Å². The summed E-state index contributed by atoms with van der Waals surface area (Å²) in [6.45, 7) is 2.77. The molecule has 1 aromatic carbocycles. The van der Waals surface area contributed by atoms with Crippen molar-refractivity contribution >= 4 is 21.8 Å². The van der Waals surface area contributed by atoms with Crippen LogP contribution in [0.3, 0.4) is 0 Å². The van der Waals surface area contributed by atoms with Crippen molar-refractivity contribution in [1.82, 2.24) is 15.1 Å². The van der Waals surface area contributed by atoms with E-state index in [2.05, 4.69) is 14.6 Å². The molecule has 0 spiro atoms. The second kappa shape index (κ2) is 6.84. The number of piperidine rings is 1. The maximum Gasteiger partial charge on any atom is 0.285 e. The average molecular weight is 403 g/mol. The van der Waals surface area contributed by atoms with Gasteiger partial charge in [0.1, 0.15) is 10.9 Å². The minimum Gasteiger partial charge on any atom is -0.351 e. The summed E-state index contributed by atoms with van der Waals surface area (Å²) in [7, 11) is -3.67. The van der Waals surface area contributed by atoms with Gasteiger partial charge in [0.25, 0.3) is 10.0 Å². The van der Waals surface area contributed by atoms with Crippen LogP contribution in [0.4, 0.5) is 0 Å². The Morgan fingerprint density at radius 1 is 1.04 bits per heavy atom. The fourth-order valence-electron chi connectivity index (χ4n) is 4.73. The highest BCUT2D eigenvalue weighted by Gasteiger charge is 2.40.